The van der Waals surface area contributed by atoms with Crippen LogP contribution in [0.15, 0.2) is 53.5 Å². The first kappa shape index (κ1) is 13.6. The summed E-state index contributed by atoms with van der Waals surface area (Å²) in [5.74, 6) is 0. The van der Waals surface area contributed by atoms with E-state index in [0.29, 0.717) is 17.0 Å². The molecule has 0 aromatic heterocycles. The Balaban J connectivity index is 2.26. The number of aryl methyl sites for hydroxylation is 2. The van der Waals surface area contributed by atoms with Crippen LogP contribution >= 0.6 is 0 Å². The molecular formula is C15H17NO2S. The van der Waals surface area contributed by atoms with Gasteiger partial charge in [-0.3, -0.25) is 4.72 Å². The summed E-state index contributed by atoms with van der Waals surface area (Å²) in [5.41, 5.74) is 2.79. The average molecular weight is 275 g/mol. The lowest BCUT2D eigenvalue weighted by Gasteiger charge is -2.10. The third kappa shape index (κ3) is 3.35. The zero-order chi connectivity index (χ0) is 13.9. The smallest absolute Gasteiger partial charge is 0.261 e. The number of nitrogens with one attached hydrogen (secondary N) is 1. The minimum atomic E-state index is -3.51. The molecule has 19 heavy (non-hydrogen) atoms. The molecule has 0 heterocycles. The monoisotopic (exact) mass is 275 g/mol. The zero-order valence-corrected chi connectivity index (χ0v) is 11.9. The largest absolute Gasteiger partial charge is 0.280 e. The van der Waals surface area contributed by atoms with E-state index in [2.05, 4.69) is 4.72 Å². The predicted octanol–water partition coefficient (Wildman–Crippen LogP) is 3.45. The van der Waals surface area contributed by atoms with E-state index in [4.69, 9.17) is 0 Å². The topological polar surface area (TPSA) is 46.2 Å². The highest BCUT2D eigenvalue weighted by molar-refractivity contribution is 7.96. The minimum absolute atomic E-state index is 0.302. The quantitative estimate of drug-likeness (QED) is 0.918. The molecule has 1 aromatic carbocycles. The highest BCUT2D eigenvalue weighted by Gasteiger charge is 2.15. The molecule has 3 nitrogen and oxygen atoms in total. The zero-order valence-electron chi connectivity index (χ0n) is 11.1. The maximum atomic E-state index is 12.2. The van der Waals surface area contributed by atoms with Gasteiger partial charge in [-0.2, -0.15) is 0 Å². The predicted molar refractivity (Wildman–Crippen MR) is 79.4 cm³/mol. The van der Waals surface area contributed by atoms with Crippen LogP contribution in [0.5, 0.6) is 0 Å². The second-order valence-electron chi connectivity index (χ2n) is 4.53. The molecule has 0 aliphatic heterocycles. The Hall–Kier alpha value is -1.81. The van der Waals surface area contributed by atoms with Crippen LogP contribution in [0.2, 0.25) is 0 Å². The van der Waals surface area contributed by atoms with Crippen molar-refractivity contribution in [1.29, 1.82) is 0 Å². The summed E-state index contributed by atoms with van der Waals surface area (Å²) in [6.07, 6.45) is 9.41. The van der Waals surface area contributed by atoms with E-state index in [1.807, 2.05) is 38.1 Å². The summed E-state index contributed by atoms with van der Waals surface area (Å²) in [7, 11) is -3.51. The Kier molecular flexibility index (Phi) is 3.90. The third-order valence-corrected chi connectivity index (χ3v) is 4.46. The van der Waals surface area contributed by atoms with Crippen molar-refractivity contribution < 1.29 is 8.42 Å². The van der Waals surface area contributed by atoms with E-state index < -0.39 is 10.0 Å². The van der Waals surface area contributed by atoms with Crippen LogP contribution in [0.25, 0.3) is 0 Å². The summed E-state index contributed by atoms with van der Waals surface area (Å²) in [6.45, 7) is 3.96. The fourth-order valence-electron chi connectivity index (χ4n) is 1.78. The van der Waals surface area contributed by atoms with Crippen molar-refractivity contribution in [1.82, 2.24) is 0 Å². The summed E-state index contributed by atoms with van der Waals surface area (Å²) >= 11 is 0. The van der Waals surface area contributed by atoms with Gasteiger partial charge in [-0.25, -0.2) is 8.42 Å². The number of allylic oxidation sites excluding steroid dienone is 5. The molecule has 0 atom stereocenters. The number of hydrogen-bond acceptors (Lipinski definition) is 2. The van der Waals surface area contributed by atoms with Crippen molar-refractivity contribution in [3.63, 3.8) is 0 Å². The lowest BCUT2D eigenvalue weighted by atomic mass is 10.1. The molecule has 100 valence electrons. The van der Waals surface area contributed by atoms with Crippen LogP contribution in [0.4, 0.5) is 5.69 Å². The van der Waals surface area contributed by atoms with Gasteiger partial charge >= 0.3 is 0 Å². The molecule has 0 radical (unpaired) electrons. The first-order valence-corrected chi connectivity index (χ1v) is 7.61. The highest BCUT2D eigenvalue weighted by atomic mass is 32.2. The molecule has 0 unspecified atom stereocenters. The lowest BCUT2D eigenvalue weighted by molar-refractivity contribution is 0.607. The first-order chi connectivity index (χ1) is 8.99. The molecule has 0 saturated heterocycles. The number of benzene rings is 1. The molecule has 0 spiro atoms. The van der Waals surface area contributed by atoms with Crippen LogP contribution < -0.4 is 4.72 Å². The molecule has 0 fully saturated rings. The maximum Gasteiger partial charge on any atom is 0.261 e. The van der Waals surface area contributed by atoms with E-state index in [1.54, 1.807) is 24.3 Å². The fourth-order valence-corrected chi connectivity index (χ4v) is 2.91. The van der Waals surface area contributed by atoms with Gasteiger partial charge < -0.3 is 0 Å². The van der Waals surface area contributed by atoms with Crippen molar-refractivity contribution >= 4 is 15.7 Å². The van der Waals surface area contributed by atoms with Crippen molar-refractivity contribution in [3.8, 4) is 0 Å². The van der Waals surface area contributed by atoms with Crippen LogP contribution in [0.1, 0.15) is 17.5 Å². The van der Waals surface area contributed by atoms with Gasteiger partial charge in [-0.1, -0.05) is 30.4 Å². The van der Waals surface area contributed by atoms with Crippen molar-refractivity contribution in [2.45, 2.75) is 20.3 Å². The van der Waals surface area contributed by atoms with Crippen LogP contribution in [-0.2, 0) is 10.0 Å². The first-order valence-electron chi connectivity index (χ1n) is 6.12. The van der Waals surface area contributed by atoms with E-state index in [0.717, 1.165) is 11.1 Å². The molecule has 1 N–H and O–H groups in total. The number of sulfonamides is 1. The van der Waals surface area contributed by atoms with Gasteiger partial charge in [0.2, 0.25) is 0 Å². The van der Waals surface area contributed by atoms with Gasteiger partial charge in [-0.15, -0.1) is 0 Å². The Labute approximate surface area is 114 Å². The fraction of sp³-hybridized carbons (Fsp3) is 0.200. The molecule has 1 aliphatic carbocycles. The molecule has 0 bridgehead atoms. The molecule has 1 aliphatic rings. The molecule has 0 saturated carbocycles. The molecule has 0 amide bonds. The summed E-state index contributed by atoms with van der Waals surface area (Å²) in [6, 6.07) is 5.53. The SMILES string of the molecule is Cc1ccc(NS(=O)(=O)C2=CCC=CC=C2)cc1C. The van der Waals surface area contributed by atoms with Crippen LogP contribution in [-0.4, -0.2) is 8.42 Å². The average Bonchev–Trinajstić information content (AvgIpc) is 2.63. The van der Waals surface area contributed by atoms with Crippen molar-refractivity contribution in [2.75, 3.05) is 4.72 Å². The number of rotatable bonds is 3. The highest BCUT2D eigenvalue weighted by Crippen LogP contribution is 2.19. The van der Waals surface area contributed by atoms with Gasteiger partial charge in [-0.05, 0) is 49.6 Å². The molecule has 4 heteroatoms. The number of anilines is 1. The normalized spacial score (nSPS) is 14.9. The van der Waals surface area contributed by atoms with Gasteiger partial charge in [0, 0.05) is 5.69 Å². The number of hydrogen-bond donors (Lipinski definition) is 1. The Morgan fingerprint density at radius 1 is 1.11 bits per heavy atom. The lowest BCUT2D eigenvalue weighted by Crippen LogP contribution is -2.14. The minimum Gasteiger partial charge on any atom is -0.280 e. The maximum absolute atomic E-state index is 12.2. The van der Waals surface area contributed by atoms with Crippen LogP contribution in [0.3, 0.4) is 0 Å². The van der Waals surface area contributed by atoms with E-state index in [9.17, 15) is 8.42 Å². The van der Waals surface area contributed by atoms with Gasteiger partial charge in [0.15, 0.2) is 0 Å². The Morgan fingerprint density at radius 2 is 1.89 bits per heavy atom. The van der Waals surface area contributed by atoms with Crippen molar-refractivity contribution in [2.24, 2.45) is 0 Å². The molecular weight excluding hydrogens is 258 g/mol. The van der Waals surface area contributed by atoms with Gasteiger partial charge in [0.05, 0.1) is 4.91 Å². The van der Waals surface area contributed by atoms with Crippen LogP contribution in [0, 0.1) is 13.8 Å². The van der Waals surface area contributed by atoms with Crippen molar-refractivity contribution in [3.05, 3.63) is 64.6 Å². The summed E-state index contributed by atoms with van der Waals surface area (Å²) in [4.78, 5) is 0.302. The summed E-state index contributed by atoms with van der Waals surface area (Å²) in [5, 5.41) is 0. The molecule has 2 rings (SSSR count). The van der Waals surface area contributed by atoms with E-state index >= 15 is 0 Å². The summed E-state index contributed by atoms with van der Waals surface area (Å²) < 4.78 is 27.1. The Bertz CT molecular complexity index is 667. The van der Waals surface area contributed by atoms with E-state index in [-0.39, 0.29) is 0 Å². The Morgan fingerprint density at radius 3 is 2.63 bits per heavy atom. The second-order valence-corrected chi connectivity index (χ2v) is 6.22. The standard InChI is InChI=1S/C15H17NO2S/c1-12-9-10-14(11-13(12)2)16-19(17,18)15-7-5-3-4-6-8-15/h3-5,7-11,16H,6H2,1-2H3. The van der Waals surface area contributed by atoms with E-state index in [1.165, 1.54) is 0 Å². The van der Waals surface area contributed by atoms with Gasteiger partial charge in [0.25, 0.3) is 10.0 Å². The third-order valence-electron chi connectivity index (χ3n) is 3.03. The second kappa shape index (κ2) is 5.45. The van der Waals surface area contributed by atoms with Gasteiger partial charge in [0.1, 0.15) is 0 Å². The molecule has 1 aromatic rings.